The van der Waals surface area contributed by atoms with Gasteiger partial charge in [0.15, 0.2) is 0 Å². The van der Waals surface area contributed by atoms with Crippen LogP contribution < -0.4 is 0 Å². The highest BCUT2D eigenvalue weighted by Gasteiger charge is 2.55. The van der Waals surface area contributed by atoms with Crippen molar-refractivity contribution in [1.29, 1.82) is 0 Å². The third-order valence-electron chi connectivity index (χ3n) is 6.83. The summed E-state index contributed by atoms with van der Waals surface area (Å²) in [6.45, 7) is 4.02. The van der Waals surface area contributed by atoms with E-state index in [-0.39, 0.29) is 30.7 Å². The van der Waals surface area contributed by atoms with Crippen molar-refractivity contribution >= 4 is 5.97 Å². The highest BCUT2D eigenvalue weighted by molar-refractivity contribution is 5.73. The molecule has 6 heteroatoms. The minimum Gasteiger partial charge on any atom is -0.456 e. The topological polar surface area (TPSA) is 63.2 Å². The number of unbranched alkanes of at least 4 members (excludes halogenated alkanes) is 5. The second-order valence-electron chi connectivity index (χ2n) is 9.89. The monoisotopic (exact) mass is 444 g/mol. The first-order chi connectivity index (χ1) is 15.5. The van der Waals surface area contributed by atoms with E-state index in [0.29, 0.717) is 6.42 Å². The number of benzene rings is 1. The Morgan fingerprint density at radius 2 is 1.66 bits per heavy atom. The molecule has 2 fully saturated rings. The first-order valence-electron chi connectivity index (χ1n) is 12.1. The van der Waals surface area contributed by atoms with Gasteiger partial charge in [-0.2, -0.15) is 0 Å². The van der Waals surface area contributed by atoms with Gasteiger partial charge in [-0.25, -0.2) is 19.6 Å². The molecule has 1 aromatic rings. The lowest BCUT2D eigenvalue weighted by Gasteiger charge is -2.43. The maximum Gasteiger partial charge on any atom is 0.309 e. The number of carbonyl (C=O) groups excluding carboxylic acids is 1. The Morgan fingerprint density at radius 1 is 0.906 bits per heavy atom. The summed E-state index contributed by atoms with van der Waals surface area (Å²) in [7, 11) is 0. The van der Waals surface area contributed by atoms with Gasteiger partial charge in [-0.3, -0.25) is 4.79 Å². The fraction of sp³-hybridized carbons (Fsp3) is 0.654. The number of rotatable bonds is 10. The standard InChI is InChI=1S/C26H36O6/c1-25(19-26(2)23(31-32-25)18-24(27)28-26)17-11-6-4-3-5-10-14-21-15-16-22(30-29-21)20-12-8-7-9-13-20/h7-9,12-13,15-16,21-23H,3-6,10-11,14,17-19H2,1-2H3/t21?,22?,23-,25-,26-/m0/s1. The van der Waals surface area contributed by atoms with Gasteiger partial charge in [0, 0.05) is 6.42 Å². The second kappa shape index (κ2) is 10.5. The highest BCUT2D eigenvalue weighted by Crippen LogP contribution is 2.44. The van der Waals surface area contributed by atoms with E-state index in [4.69, 9.17) is 24.3 Å². The maximum atomic E-state index is 11.6. The number of ether oxygens (including phenoxy) is 1. The zero-order chi connectivity index (χ0) is 22.4. The van der Waals surface area contributed by atoms with Gasteiger partial charge in [0.1, 0.15) is 29.5 Å². The van der Waals surface area contributed by atoms with Crippen LogP contribution in [0.2, 0.25) is 0 Å². The summed E-state index contributed by atoms with van der Waals surface area (Å²) in [5, 5.41) is 0. The summed E-state index contributed by atoms with van der Waals surface area (Å²) >= 11 is 0. The lowest BCUT2D eigenvalue weighted by molar-refractivity contribution is -0.428. The zero-order valence-electron chi connectivity index (χ0n) is 19.3. The van der Waals surface area contributed by atoms with E-state index in [9.17, 15) is 4.79 Å². The van der Waals surface area contributed by atoms with Crippen LogP contribution in [-0.4, -0.2) is 29.4 Å². The smallest absolute Gasteiger partial charge is 0.309 e. The summed E-state index contributed by atoms with van der Waals surface area (Å²) in [5.74, 6) is -0.193. The summed E-state index contributed by atoms with van der Waals surface area (Å²) < 4.78 is 5.53. The number of hydrogen-bond acceptors (Lipinski definition) is 6. The van der Waals surface area contributed by atoms with Crippen LogP contribution >= 0.6 is 0 Å². The van der Waals surface area contributed by atoms with Crippen molar-refractivity contribution in [2.75, 3.05) is 0 Å². The molecular formula is C26H36O6. The lowest BCUT2D eigenvalue weighted by Crippen LogP contribution is -2.51. The Bertz CT molecular complexity index is 780. The zero-order valence-corrected chi connectivity index (χ0v) is 19.3. The Morgan fingerprint density at radius 3 is 2.41 bits per heavy atom. The van der Waals surface area contributed by atoms with Gasteiger partial charge < -0.3 is 4.74 Å². The van der Waals surface area contributed by atoms with Crippen molar-refractivity contribution in [3.05, 3.63) is 48.0 Å². The molecule has 0 aromatic heterocycles. The van der Waals surface area contributed by atoms with Gasteiger partial charge in [-0.1, -0.05) is 74.9 Å². The Balaban J connectivity index is 1.05. The third kappa shape index (κ3) is 5.98. The normalized spacial score (nSPS) is 34.3. The van der Waals surface area contributed by atoms with E-state index in [2.05, 4.69) is 19.1 Å². The molecule has 0 aliphatic carbocycles. The van der Waals surface area contributed by atoms with E-state index in [1.807, 2.05) is 37.3 Å². The number of esters is 1. The highest BCUT2D eigenvalue weighted by atomic mass is 17.2. The minimum absolute atomic E-state index is 0.0493. The molecule has 3 aliphatic rings. The molecule has 2 unspecified atom stereocenters. The molecule has 2 saturated heterocycles. The molecule has 32 heavy (non-hydrogen) atoms. The fourth-order valence-electron chi connectivity index (χ4n) is 5.02. The van der Waals surface area contributed by atoms with Crippen LogP contribution in [0.5, 0.6) is 0 Å². The predicted octanol–water partition coefficient (Wildman–Crippen LogP) is 5.92. The molecule has 6 nitrogen and oxygen atoms in total. The van der Waals surface area contributed by atoms with Crippen molar-refractivity contribution in [1.82, 2.24) is 0 Å². The second-order valence-corrected chi connectivity index (χ2v) is 9.89. The Kier molecular flexibility index (Phi) is 7.66. The number of fused-ring (bicyclic) bond motifs is 1. The van der Waals surface area contributed by atoms with E-state index < -0.39 is 11.2 Å². The molecule has 3 heterocycles. The van der Waals surface area contributed by atoms with Gasteiger partial charge in [0.05, 0.1) is 6.42 Å². The van der Waals surface area contributed by atoms with Gasteiger partial charge in [0.25, 0.3) is 0 Å². The van der Waals surface area contributed by atoms with Crippen LogP contribution in [0.1, 0.15) is 89.7 Å². The maximum absolute atomic E-state index is 11.6. The first kappa shape index (κ1) is 23.4. The first-order valence-corrected chi connectivity index (χ1v) is 12.1. The number of hydrogen-bond donors (Lipinski definition) is 0. The van der Waals surface area contributed by atoms with Crippen molar-refractivity contribution in [3.63, 3.8) is 0 Å². The Labute approximate surface area is 191 Å². The van der Waals surface area contributed by atoms with E-state index >= 15 is 0 Å². The quantitative estimate of drug-likeness (QED) is 0.193. The minimum atomic E-state index is -0.551. The average Bonchev–Trinajstić information content (AvgIpc) is 3.09. The molecule has 5 atom stereocenters. The van der Waals surface area contributed by atoms with Gasteiger partial charge in [0.2, 0.25) is 0 Å². The molecule has 3 aliphatic heterocycles. The van der Waals surface area contributed by atoms with Gasteiger partial charge in [-0.15, -0.1) is 0 Å². The largest absolute Gasteiger partial charge is 0.456 e. The van der Waals surface area contributed by atoms with Gasteiger partial charge >= 0.3 is 5.97 Å². The number of carbonyl (C=O) groups is 1. The molecule has 0 amide bonds. The van der Waals surface area contributed by atoms with Crippen LogP contribution in [0.15, 0.2) is 42.5 Å². The molecule has 1 aromatic carbocycles. The van der Waals surface area contributed by atoms with Crippen LogP contribution in [-0.2, 0) is 29.1 Å². The van der Waals surface area contributed by atoms with Crippen molar-refractivity contribution in [3.8, 4) is 0 Å². The molecule has 176 valence electrons. The van der Waals surface area contributed by atoms with Crippen molar-refractivity contribution in [2.24, 2.45) is 0 Å². The summed E-state index contributed by atoms with van der Waals surface area (Å²) in [6, 6.07) is 10.1. The van der Waals surface area contributed by atoms with Crippen LogP contribution in [0.4, 0.5) is 0 Å². The van der Waals surface area contributed by atoms with Gasteiger partial charge in [-0.05, 0) is 38.3 Å². The third-order valence-corrected chi connectivity index (χ3v) is 6.83. The fourth-order valence-corrected chi connectivity index (χ4v) is 5.02. The van der Waals surface area contributed by atoms with E-state index in [1.54, 1.807) is 0 Å². The van der Waals surface area contributed by atoms with E-state index in [1.165, 1.54) is 25.7 Å². The van der Waals surface area contributed by atoms with Crippen LogP contribution in [0, 0.1) is 0 Å². The molecule has 0 bridgehead atoms. The summed E-state index contributed by atoms with van der Waals surface area (Å²) in [4.78, 5) is 33.9. The molecule has 4 rings (SSSR count). The van der Waals surface area contributed by atoms with Crippen LogP contribution in [0.25, 0.3) is 0 Å². The Hall–Kier alpha value is -1.73. The SMILES string of the molecule is C[C@]1(CCCCCCCCC2C=CC(c3ccccc3)OO2)C[C@]2(C)OC(=O)C[C@@H]2OO1. The van der Waals surface area contributed by atoms with E-state index in [0.717, 1.165) is 31.2 Å². The van der Waals surface area contributed by atoms with Crippen molar-refractivity contribution < 1.29 is 29.1 Å². The average molecular weight is 445 g/mol. The molecule has 0 spiro atoms. The lowest BCUT2D eigenvalue weighted by atomic mass is 9.82. The molecular weight excluding hydrogens is 408 g/mol. The predicted molar refractivity (Wildman–Crippen MR) is 119 cm³/mol. The summed E-state index contributed by atoms with van der Waals surface area (Å²) in [6.07, 6.45) is 13.8. The summed E-state index contributed by atoms with van der Waals surface area (Å²) in [5.41, 5.74) is 0.169. The molecule has 0 radical (unpaired) electrons. The molecule has 0 N–H and O–H groups in total. The van der Waals surface area contributed by atoms with Crippen molar-refractivity contribution in [2.45, 2.75) is 108 Å². The molecule has 0 saturated carbocycles. The van der Waals surface area contributed by atoms with Crippen LogP contribution in [0.3, 0.4) is 0 Å².